The highest BCUT2D eigenvalue weighted by Gasteiger charge is 2.07. The lowest BCUT2D eigenvalue weighted by molar-refractivity contribution is 0.108. The molecule has 0 radical (unpaired) electrons. The van der Waals surface area contributed by atoms with Gasteiger partial charge in [0.15, 0.2) is 0 Å². The number of halogens is 2. The predicted molar refractivity (Wildman–Crippen MR) is 51.1 cm³/mol. The molecule has 0 saturated carbocycles. The van der Waals surface area contributed by atoms with Gasteiger partial charge in [-0.1, -0.05) is 11.6 Å². The molecule has 0 atom stereocenters. The van der Waals surface area contributed by atoms with Crippen LogP contribution in [0.4, 0.5) is 0 Å². The van der Waals surface area contributed by atoms with Gasteiger partial charge in [0.25, 0.3) is 5.24 Å². The highest BCUT2D eigenvalue weighted by Crippen LogP contribution is 2.21. The Hall–Kier alpha value is -0.530. The maximum atomic E-state index is 10.9. The lowest BCUT2D eigenvalue weighted by Crippen LogP contribution is -1.94. The maximum Gasteiger partial charge on any atom is 0.252 e. The molecule has 0 bridgehead atoms. The van der Waals surface area contributed by atoms with Crippen LogP contribution >= 0.6 is 23.2 Å². The van der Waals surface area contributed by atoms with Gasteiger partial charge in [0.1, 0.15) is 0 Å². The average Bonchev–Trinajstić information content (AvgIpc) is 1.96. The lowest BCUT2D eigenvalue weighted by atomic mass is 10.1. The third kappa shape index (κ3) is 1.79. The molecule has 1 aromatic rings. The summed E-state index contributed by atoms with van der Waals surface area (Å²) in [6, 6.07) is 3.44. The van der Waals surface area contributed by atoms with E-state index < -0.39 is 5.24 Å². The third-order valence-corrected chi connectivity index (χ3v) is 2.33. The van der Waals surface area contributed by atoms with E-state index in [2.05, 4.69) is 0 Å². The minimum atomic E-state index is -0.438. The van der Waals surface area contributed by atoms with Gasteiger partial charge >= 0.3 is 0 Å². The second kappa shape index (κ2) is 3.46. The van der Waals surface area contributed by atoms with Crippen LogP contribution in [0.2, 0.25) is 5.02 Å². The van der Waals surface area contributed by atoms with Crippen molar-refractivity contribution in [2.75, 3.05) is 0 Å². The van der Waals surface area contributed by atoms with Crippen molar-refractivity contribution >= 4 is 28.4 Å². The van der Waals surface area contributed by atoms with Crippen LogP contribution < -0.4 is 0 Å². The molecule has 1 rings (SSSR count). The summed E-state index contributed by atoms with van der Waals surface area (Å²) in [5.74, 6) is 0. The minimum absolute atomic E-state index is 0.438. The van der Waals surface area contributed by atoms with E-state index in [1.54, 1.807) is 19.1 Å². The molecule has 0 spiro atoms. The second-order valence-electron chi connectivity index (χ2n) is 2.69. The molecule has 0 fully saturated rings. The van der Waals surface area contributed by atoms with Crippen LogP contribution in [-0.2, 0) is 0 Å². The molecule has 1 nitrogen and oxygen atoms in total. The number of hydrogen-bond acceptors (Lipinski definition) is 1. The fourth-order valence-electron chi connectivity index (χ4n) is 0.993. The van der Waals surface area contributed by atoms with E-state index in [9.17, 15) is 4.79 Å². The van der Waals surface area contributed by atoms with Crippen LogP contribution in [0.25, 0.3) is 0 Å². The van der Waals surface area contributed by atoms with Gasteiger partial charge in [-0.25, -0.2) is 0 Å². The Kier molecular flexibility index (Phi) is 2.76. The van der Waals surface area contributed by atoms with Crippen LogP contribution in [0.1, 0.15) is 21.5 Å². The SMILES string of the molecule is Cc1cc(C(=O)Cl)c(C)cc1Cl. The lowest BCUT2D eigenvalue weighted by Gasteiger charge is -2.03. The van der Waals surface area contributed by atoms with Crippen molar-refractivity contribution in [1.82, 2.24) is 0 Å². The summed E-state index contributed by atoms with van der Waals surface area (Å²) in [6.45, 7) is 3.64. The molecule has 0 aliphatic carbocycles. The molecule has 0 aliphatic heterocycles. The molecule has 0 saturated heterocycles. The zero-order valence-electron chi connectivity index (χ0n) is 6.82. The molecule has 0 aliphatic rings. The first-order valence-electron chi connectivity index (χ1n) is 3.49. The third-order valence-electron chi connectivity index (χ3n) is 1.72. The van der Waals surface area contributed by atoms with Gasteiger partial charge in [0.05, 0.1) is 0 Å². The fourth-order valence-corrected chi connectivity index (χ4v) is 1.41. The van der Waals surface area contributed by atoms with E-state index in [-0.39, 0.29) is 0 Å². The largest absolute Gasteiger partial charge is 0.276 e. The van der Waals surface area contributed by atoms with Crippen molar-refractivity contribution in [3.63, 3.8) is 0 Å². The Morgan fingerprint density at radius 1 is 1.25 bits per heavy atom. The van der Waals surface area contributed by atoms with Gasteiger partial charge in [-0.2, -0.15) is 0 Å². The van der Waals surface area contributed by atoms with E-state index in [4.69, 9.17) is 23.2 Å². The smallest absolute Gasteiger partial charge is 0.252 e. The molecule has 0 unspecified atom stereocenters. The average molecular weight is 203 g/mol. The second-order valence-corrected chi connectivity index (χ2v) is 3.44. The minimum Gasteiger partial charge on any atom is -0.276 e. The van der Waals surface area contributed by atoms with Crippen molar-refractivity contribution in [3.05, 3.63) is 33.8 Å². The Morgan fingerprint density at radius 3 is 2.33 bits per heavy atom. The van der Waals surface area contributed by atoms with Gasteiger partial charge in [-0.15, -0.1) is 0 Å². The Morgan fingerprint density at radius 2 is 1.83 bits per heavy atom. The van der Waals surface area contributed by atoms with Gasteiger partial charge < -0.3 is 0 Å². The van der Waals surface area contributed by atoms with E-state index >= 15 is 0 Å². The zero-order chi connectivity index (χ0) is 9.30. The van der Waals surface area contributed by atoms with Crippen molar-refractivity contribution in [2.45, 2.75) is 13.8 Å². The van der Waals surface area contributed by atoms with Gasteiger partial charge in [-0.3, -0.25) is 4.79 Å². The van der Waals surface area contributed by atoms with Crippen LogP contribution in [0.15, 0.2) is 12.1 Å². The first-order chi connectivity index (χ1) is 5.52. The zero-order valence-corrected chi connectivity index (χ0v) is 8.33. The molecule has 12 heavy (non-hydrogen) atoms. The first kappa shape index (κ1) is 9.56. The van der Waals surface area contributed by atoms with Gasteiger partial charge in [-0.05, 0) is 48.7 Å². The van der Waals surface area contributed by atoms with Crippen LogP contribution in [0.3, 0.4) is 0 Å². The summed E-state index contributed by atoms with van der Waals surface area (Å²) >= 11 is 11.2. The molecule has 0 heterocycles. The number of aryl methyl sites for hydroxylation is 2. The summed E-state index contributed by atoms with van der Waals surface area (Å²) in [6.07, 6.45) is 0. The number of rotatable bonds is 1. The van der Waals surface area contributed by atoms with Crippen LogP contribution in [0.5, 0.6) is 0 Å². The molecular weight excluding hydrogens is 195 g/mol. The van der Waals surface area contributed by atoms with Gasteiger partial charge in [0, 0.05) is 10.6 Å². The Labute approximate surface area is 81.3 Å². The van der Waals surface area contributed by atoms with E-state index in [0.717, 1.165) is 11.1 Å². The normalized spacial score (nSPS) is 10.0. The molecule has 3 heteroatoms. The predicted octanol–water partition coefficient (Wildman–Crippen LogP) is 3.34. The van der Waals surface area contributed by atoms with Crippen LogP contribution in [-0.4, -0.2) is 5.24 Å². The monoisotopic (exact) mass is 202 g/mol. The van der Waals surface area contributed by atoms with Gasteiger partial charge in [0.2, 0.25) is 0 Å². The number of hydrogen-bond donors (Lipinski definition) is 0. The summed E-state index contributed by atoms with van der Waals surface area (Å²) < 4.78 is 0. The van der Waals surface area contributed by atoms with Crippen molar-refractivity contribution < 1.29 is 4.79 Å². The molecule has 0 amide bonds. The molecule has 0 N–H and O–H groups in total. The van der Waals surface area contributed by atoms with E-state index in [0.29, 0.717) is 10.6 Å². The quantitative estimate of drug-likeness (QED) is 0.639. The summed E-state index contributed by atoms with van der Waals surface area (Å²) in [5.41, 5.74) is 2.20. The van der Waals surface area contributed by atoms with Crippen molar-refractivity contribution in [3.8, 4) is 0 Å². The van der Waals surface area contributed by atoms with E-state index in [1.807, 2.05) is 6.92 Å². The fraction of sp³-hybridized carbons (Fsp3) is 0.222. The molecular formula is C9H8Cl2O. The topological polar surface area (TPSA) is 17.1 Å². The van der Waals surface area contributed by atoms with E-state index in [1.165, 1.54) is 0 Å². The molecule has 64 valence electrons. The van der Waals surface area contributed by atoms with Crippen molar-refractivity contribution in [1.29, 1.82) is 0 Å². The molecule has 0 aromatic heterocycles. The van der Waals surface area contributed by atoms with Crippen LogP contribution in [0, 0.1) is 13.8 Å². The number of carbonyl (C=O) groups excluding carboxylic acids is 1. The maximum absolute atomic E-state index is 10.9. The summed E-state index contributed by atoms with van der Waals surface area (Å²) in [7, 11) is 0. The highest BCUT2D eigenvalue weighted by molar-refractivity contribution is 6.68. The number of benzene rings is 1. The Bertz CT molecular complexity index is 332. The van der Waals surface area contributed by atoms with Crippen molar-refractivity contribution in [2.24, 2.45) is 0 Å². The summed E-state index contributed by atoms with van der Waals surface area (Å²) in [4.78, 5) is 10.9. The first-order valence-corrected chi connectivity index (χ1v) is 4.24. The highest BCUT2D eigenvalue weighted by atomic mass is 35.5. The Balaban J connectivity index is 3.33. The standard InChI is InChI=1S/C9H8Cl2O/c1-5-4-8(10)6(2)3-7(5)9(11)12/h3-4H,1-2H3. The molecule has 1 aromatic carbocycles. The number of carbonyl (C=O) groups is 1. The summed E-state index contributed by atoms with van der Waals surface area (Å²) in [5, 5.41) is 0.224.